The number of aromatic amines is 1. The van der Waals surface area contributed by atoms with E-state index < -0.39 is 0 Å². The standard InChI is InChI=1S/C16H19N5O/c17-16(19-11-12-5-4-10-22-12)18-9-3-8-15-20-13-6-1-2-7-14(13)21-15/h1-2,4-7,10H,3,8-9,11H2,(H,20,21)(H3,17,18,19). The zero-order chi connectivity index (χ0) is 15.2. The number of para-hydroxylation sites is 2. The smallest absolute Gasteiger partial charge is 0.189 e. The minimum Gasteiger partial charge on any atom is -0.467 e. The summed E-state index contributed by atoms with van der Waals surface area (Å²) in [4.78, 5) is 12.1. The van der Waals surface area contributed by atoms with Gasteiger partial charge in [0.15, 0.2) is 5.96 Å². The first-order chi connectivity index (χ1) is 10.8. The second-order valence-corrected chi connectivity index (χ2v) is 5.01. The number of fused-ring (bicyclic) bond motifs is 1. The number of hydrogen-bond acceptors (Lipinski definition) is 3. The average Bonchev–Trinajstić information content (AvgIpc) is 3.18. The first-order valence-electron chi connectivity index (χ1n) is 7.31. The highest BCUT2D eigenvalue weighted by molar-refractivity contribution is 5.77. The quantitative estimate of drug-likeness (QED) is 0.369. The summed E-state index contributed by atoms with van der Waals surface area (Å²) in [5, 5.41) is 3.09. The number of rotatable bonds is 6. The fraction of sp³-hybridized carbons (Fsp3) is 0.250. The Morgan fingerprint density at radius 1 is 1.27 bits per heavy atom. The molecule has 0 unspecified atom stereocenters. The van der Waals surface area contributed by atoms with Gasteiger partial charge < -0.3 is 20.5 Å². The summed E-state index contributed by atoms with van der Waals surface area (Å²) < 4.78 is 5.19. The number of guanidine groups is 1. The molecule has 0 fully saturated rings. The maximum Gasteiger partial charge on any atom is 0.189 e. The SMILES string of the molecule is NC(=NCc1ccco1)NCCCc1nc2ccccc2[nH]1. The lowest BCUT2D eigenvalue weighted by Crippen LogP contribution is -2.32. The van der Waals surface area contributed by atoms with Crippen LogP contribution in [0.1, 0.15) is 18.0 Å². The highest BCUT2D eigenvalue weighted by Gasteiger charge is 2.01. The van der Waals surface area contributed by atoms with Gasteiger partial charge in [0, 0.05) is 13.0 Å². The number of H-pyrrole nitrogens is 1. The van der Waals surface area contributed by atoms with E-state index in [0.29, 0.717) is 12.5 Å². The van der Waals surface area contributed by atoms with Crippen LogP contribution in [0.3, 0.4) is 0 Å². The van der Waals surface area contributed by atoms with Gasteiger partial charge in [0.2, 0.25) is 0 Å². The van der Waals surface area contributed by atoms with Crippen molar-refractivity contribution in [2.45, 2.75) is 19.4 Å². The van der Waals surface area contributed by atoms with E-state index in [1.165, 1.54) is 0 Å². The van der Waals surface area contributed by atoms with Gasteiger partial charge in [-0.05, 0) is 30.7 Å². The Bertz CT molecular complexity index is 712. The number of aryl methyl sites for hydroxylation is 1. The topological polar surface area (TPSA) is 92.2 Å². The average molecular weight is 297 g/mol. The highest BCUT2D eigenvalue weighted by atomic mass is 16.3. The third-order valence-electron chi connectivity index (χ3n) is 3.32. The Labute approximate surface area is 128 Å². The van der Waals surface area contributed by atoms with Crippen molar-refractivity contribution >= 4 is 17.0 Å². The molecule has 0 saturated heterocycles. The Morgan fingerprint density at radius 3 is 3.00 bits per heavy atom. The number of nitrogens with two attached hydrogens (primary N) is 1. The fourth-order valence-corrected chi connectivity index (χ4v) is 2.22. The van der Waals surface area contributed by atoms with Crippen LogP contribution >= 0.6 is 0 Å². The van der Waals surface area contributed by atoms with Crippen LogP contribution in [-0.2, 0) is 13.0 Å². The lowest BCUT2D eigenvalue weighted by molar-refractivity contribution is 0.512. The van der Waals surface area contributed by atoms with Crippen molar-refractivity contribution in [1.29, 1.82) is 0 Å². The molecule has 0 amide bonds. The molecular formula is C16H19N5O. The van der Waals surface area contributed by atoms with Crippen LogP contribution in [0, 0.1) is 0 Å². The Morgan fingerprint density at radius 2 is 2.18 bits per heavy atom. The molecule has 0 spiro atoms. The van der Waals surface area contributed by atoms with Gasteiger partial charge in [-0.25, -0.2) is 9.98 Å². The zero-order valence-electron chi connectivity index (χ0n) is 12.2. The number of aliphatic imine (C=N–C) groups is 1. The molecule has 0 aliphatic carbocycles. The molecule has 22 heavy (non-hydrogen) atoms. The lowest BCUT2D eigenvalue weighted by Gasteiger charge is -2.04. The summed E-state index contributed by atoms with van der Waals surface area (Å²) in [7, 11) is 0. The second kappa shape index (κ2) is 6.80. The molecule has 3 rings (SSSR count). The molecule has 1 aromatic carbocycles. The van der Waals surface area contributed by atoms with Crippen LogP contribution in [0.15, 0.2) is 52.1 Å². The summed E-state index contributed by atoms with van der Waals surface area (Å²) in [6.45, 7) is 1.21. The van der Waals surface area contributed by atoms with Crippen LogP contribution in [0.5, 0.6) is 0 Å². The number of benzene rings is 1. The van der Waals surface area contributed by atoms with Gasteiger partial charge >= 0.3 is 0 Å². The molecule has 0 radical (unpaired) electrons. The Hall–Kier alpha value is -2.76. The molecule has 6 nitrogen and oxygen atoms in total. The largest absolute Gasteiger partial charge is 0.467 e. The predicted octanol–water partition coefficient (Wildman–Crippen LogP) is 2.19. The monoisotopic (exact) mass is 297 g/mol. The normalized spacial score (nSPS) is 11.9. The van der Waals surface area contributed by atoms with Gasteiger partial charge in [-0.15, -0.1) is 0 Å². The zero-order valence-corrected chi connectivity index (χ0v) is 12.2. The molecule has 0 atom stereocenters. The van der Waals surface area contributed by atoms with E-state index >= 15 is 0 Å². The molecule has 2 heterocycles. The molecule has 0 bridgehead atoms. The van der Waals surface area contributed by atoms with Gasteiger partial charge in [-0.2, -0.15) is 0 Å². The van der Waals surface area contributed by atoms with Crippen LogP contribution in [0.4, 0.5) is 0 Å². The highest BCUT2D eigenvalue weighted by Crippen LogP contribution is 2.11. The van der Waals surface area contributed by atoms with Crippen LogP contribution in [0.2, 0.25) is 0 Å². The minimum atomic E-state index is 0.431. The van der Waals surface area contributed by atoms with Crippen molar-refractivity contribution in [3.05, 3.63) is 54.2 Å². The first-order valence-corrected chi connectivity index (χ1v) is 7.31. The summed E-state index contributed by atoms with van der Waals surface area (Å²) in [5.41, 5.74) is 7.88. The number of aromatic nitrogens is 2. The van der Waals surface area contributed by atoms with Gasteiger partial charge in [-0.1, -0.05) is 12.1 Å². The summed E-state index contributed by atoms with van der Waals surface area (Å²) in [6, 6.07) is 11.7. The van der Waals surface area contributed by atoms with Crippen LogP contribution in [0.25, 0.3) is 11.0 Å². The number of nitrogens with zero attached hydrogens (tertiary/aromatic N) is 2. The van der Waals surface area contributed by atoms with E-state index in [9.17, 15) is 0 Å². The summed E-state index contributed by atoms with van der Waals surface area (Å²) in [5.74, 6) is 2.22. The number of furan rings is 1. The van der Waals surface area contributed by atoms with Gasteiger partial charge in [0.25, 0.3) is 0 Å². The van der Waals surface area contributed by atoms with E-state index in [0.717, 1.165) is 42.0 Å². The van der Waals surface area contributed by atoms with Gasteiger partial charge in [0.1, 0.15) is 18.1 Å². The summed E-state index contributed by atoms with van der Waals surface area (Å²) >= 11 is 0. The van der Waals surface area contributed by atoms with E-state index in [1.807, 2.05) is 36.4 Å². The Balaban J connectivity index is 1.42. The van der Waals surface area contributed by atoms with Gasteiger partial charge in [0.05, 0.1) is 17.3 Å². The molecule has 0 saturated carbocycles. The van der Waals surface area contributed by atoms with E-state index in [4.69, 9.17) is 10.2 Å². The maximum absolute atomic E-state index is 5.80. The van der Waals surface area contributed by atoms with Crippen LogP contribution in [-0.4, -0.2) is 22.5 Å². The van der Waals surface area contributed by atoms with E-state index in [2.05, 4.69) is 20.3 Å². The van der Waals surface area contributed by atoms with Crippen molar-refractivity contribution in [1.82, 2.24) is 15.3 Å². The second-order valence-electron chi connectivity index (χ2n) is 5.01. The van der Waals surface area contributed by atoms with E-state index in [-0.39, 0.29) is 0 Å². The van der Waals surface area contributed by atoms with E-state index in [1.54, 1.807) is 6.26 Å². The first kappa shape index (κ1) is 14.2. The third kappa shape index (κ3) is 3.66. The molecule has 3 aromatic rings. The molecule has 0 aliphatic heterocycles. The van der Waals surface area contributed by atoms with Crippen molar-refractivity contribution in [3.8, 4) is 0 Å². The molecule has 4 N–H and O–H groups in total. The fourth-order valence-electron chi connectivity index (χ4n) is 2.22. The molecule has 2 aromatic heterocycles. The number of hydrogen-bond donors (Lipinski definition) is 3. The van der Waals surface area contributed by atoms with Crippen molar-refractivity contribution in [2.75, 3.05) is 6.54 Å². The number of nitrogens with one attached hydrogen (secondary N) is 2. The lowest BCUT2D eigenvalue weighted by atomic mass is 10.3. The predicted molar refractivity (Wildman–Crippen MR) is 86.5 cm³/mol. The molecule has 6 heteroatoms. The summed E-state index contributed by atoms with van der Waals surface area (Å²) in [6.07, 6.45) is 3.42. The van der Waals surface area contributed by atoms with Gasteiger partial charge in [-0.3, -0.25) is 0 Å². The molecular weight excluding hydrogens is 278 g/mol. The minimum absolute atomic E-state index is 0.431. The maximum atomic E-state index is 5.80. The molecule has 114 valence electrons. The van der Waals surface area contributed by atoms with Crippen molar-refractivity contribution < 1.29 is 4.42 Å². The van der Waals surface area contributed by atoms with Crippen LogP contribution < -0.4 is 11.1 Å². The Kier molecular flexibility index (Phi) is 4.38. The number of imidazole rings is 1. The van der Waals surface area contributed by atoms with Crippen molar-refractivity contribution in [2.24, 2.45) is 10.7 Å². The third-order valence-corrected chi connectivity index (χ3v) is 3.32. The molecule has 0 aliphatic rings. The van der Waals surface area contributed by atoms with Crippen molar-refractivity contribution in [3.63, 3.8) is 0 Å².